The second-order valence-electron chi connectivity index (χ2n) is 4.92. The lowest BCUT2D eigenvalue weighted by Crippen LogP contribution is -2.39. The lowest BCUT2D eigenvalue weighted by molar-refractivity contribution is 0.0265. The van der Waals surface area contributed by atoms with Gasteiger partial charge in [0.15, 0.2) is 0 Å². The maximum absolute atomic E-state index is 12.2. The molecule has 0 saturated heterocycles. The van der Waals surface area contributed by atoms with Crippen molar-refractivity contribution in [3.05, 3.63) is 28.8 Å². The Bertz CT molecular complexity index is 458. The average Bonchev–Trinajstić information content (AvgIpc) is 2.29. The number of halogens is 1. The Hall–Kier alpha value is -1.26. The highest BCUT2D eigenvalue weighted by molar-refractivity contribution is 6.33. The van der Waals surface area contributed by atoms with Gasteiger partial charge in [-0.2, -0.15) is 0 Å². The number of amides is 1. The Balaban J connectivity index is 2.03. The van der Waals surface area contributed by atoms with E-state index in [1.807, 2.05) is 0 Å². The highest BCUT2D eigenvalue weighted by Crippen LogP contribution is 2.28. The lowest BCUT2D eigenvalue weighted by Gasteiger charge is -2.34. The zero-order valence-corrected chi connectivity index (χ0v) is 11.0. The number of nitrogen functional groups attached to an aromatic ring is 1. The van der Waals surface area contributed by atoms with Crippen LogP contribution in [0.15, 0.2) is 18.2 Å². The lowest BCUT2D eigenvalue weighted by atomic mass is 9.82. The zero-order chi connectivity index (χ0) is 13.3. The molecule has 5 heteroatoms. The fourth-order valence-corrected chi connectivity index (χ4v) is 2.43. The molecule has 0 radical (unpaired) electrons. The van der Waals surface area contributed by atoms with E-state index in [9.17, 15) is 9.90 Å². The van der Waals surface area contributed by atoms with Gasteiger partial charge in [0, 0.05) is 19.3 Å². The van der Waals surface area contributed by atoms with Gasteiger partial charge >= 0.3 is 0 Å². The summed E-state index contributed by atoms with van der Waals surface area (Å²) >= 11 is 6.00. The molecular weight excluding hydrogens is 252 g/mol. The summed E-state index contributed by atoms with van der Waals surface area (Å²) in [6, 6.07) is 4.89. The number of hydrogen-bond donors (Lipinski definition) is 2. The highest BCUT2D eigenvalue weighted by atomic mass is 35.5. The van der Waals surface area contributed by atoms with Crippen molar-refractivity contribution in [3.63, 3.8) is 0 Å². The molecule has 0 unspecified atom stereocenters. The van der Waals surface area contributed by atoms with Gasteiger partial charge in [-0.05, 0) is 37.0 Å². The van der Waals surface area contributed by atoms with Crippen LogP contribution in [0.5, 0.6) is 0 Å². The third kappa shape index (κ3) is 2.76. The van der Waals surface area contributed by atoms with E-state index in [-0.39, 0.29) is 12.0 Å². The number of aliphatic hydroxyl groups excluding tert-OH is 1. The molecule has 1 aliphatic rings. The summed E-state index contributed by atoms with van der Waals surface area (Å²) in [5, 5.41) is 9.64. The summed E-state index contributed by atoms with van der Waals surface area (Å²) in [6.07, 6.45) is 1.33. The van der Waals surface area contributed by atoms with Gasteiger partial charge in [-0.25, -0.2) is 0 Å². The molecule has 2 rings (SSSR count). The summed E-state index contributed by atoms with van der Waals surface area (Å²) in [7, 11) is 1.74. The van der Waals surface area contributed by atoms with Gasteiger partial charge in [0.1, 0.15) is 0 Å². The van der Waals surface area contributed by atoms with Gasteiger partial charge in [-0.1, -0.05) is 11.6 Å². The molecule has 0 bridgehead atoms. The predicted octanol–water partition coefficient (Wildman–Crippen LogP) is 1.77. The fraction of sp³-hybridized carbons (Fsp3) is 0.462. The van der Waals surface area contributed by atoms with Crippen molar-refractivity contribution in [1.29, 1.82) is 0 Å². The quantitative estimate of drug-likeness (QED) is 0.821. The molecule has 1 saturated carbocycles. The molecule has 0 aliphatic heterocycles. The molecule has 3 N–H and O–H groups in total. The zero-order valence-electron chi connectivity index (χ0n) is 10.3. The predicted molar refractivity (Wildman–Crippen MR) is 71.6 cm³/mol. The van der Waals surface area contributed by atoms with E-state index >= 15 is 0 Å². The van der Waals surface area contributed by atoms with E-state index in [4.69, 9.17) is 17.3 Å². The summed E-state index contributed by atoms with van der Waals surface area (Å²) in [6.45, 7) is 0.640. The standard InChI is InChI=1S/C13H17ClN2O2/c1-16(7-8-4-10(17)5-8)13(18)11-6-9(15)2-3-12(11)14/h2-3,6,8,10,17H,4-5,7,15H2,1H3. The Kier molecular flexibility index (Phi) is 3.78. The van der Waals surface area contributed by atoms with Crippen LogP contribution in [0.2, 0.25) is 5.02 Å². The molecule has 0 atom stereocenters. The van der Waals surface area contributed by atoms with Crippen molar-refractivity contribution < 1.29 is 9.90 Å². The Labute approximate surface area is 111 Å². The van der Waals surface area contributed by atoms with Crippen LogP contribution in [-0.4, -0.2) is 35.6 Å². The molecule has 98 valence electrons. The SMILES string of the molecule is CN(CC1CC(O)C1)C(=O)c1cc(N)ccc1Cl. The third-order valence-corrected chi connectivity index (χ3v) is 3.64. The minimum atomic E-state index is -0.200. The normalized spacial score (nSPS) is 22.4. The van der Waals surface area contributed by atoms with Crippen LogP contribution in [0.25, 0.3) is 0 Å². The smallest absolute Gasteiger partial charge is 0.255 e. The monoisotopic (exact) mass is 268 g/mol. The number of anilines is 1. The van der Waals surface area contributed by atoms with Gasteiger partial charge in [-0.3, -0.25) is 4.79 Å². The molecular formula is C13H17ClN2O2. The van der Waals surface area contributed by atoms with Crippen molar-refractivity contribution in [1.82, 2.24) is 4.90 Å². The molecule has 1 aromatic rings. The average molecular weight is 269 g/mol. The molecule has 0 heterocycles. The van der Waals surface area contributed by atoms with Crippen LogP contribution >= 0.6 is 11.6 Å². The van der Waals surface area contributed by atoms with Gasteiger partial charge in [0.05, 0.1) is 16.7 Å². The first kappa shape index (κ1) is 13.2. The van der Waals surface area contributed by atoms with Crippen molar-refractivity contribution in [2.45, 2.75) is 18.9 Å². The van der Waals surface area contributed by atoms with Crippen LogP contribution in [0.1, 0.15) is 23.2 Å². The number of nitrogens with zero attached hydrogens (tertiary/aromatic N) is 1. The summed E-state index contributed by atoms with van der Waals surface area (Å²) in [5.74, 6) is 0.252. The van der Waals surface area contributed by atoms with Crippen molar-refractivity contribution >= 4 is 23.2 Å². The van der Waals surface area contributed by atoms with Crippen LogP contribution in [0, 0.1) is 5.92 Å². The maximum atomic E-state index is 12.2. The molecule has 0 aromatic heterocycles. The number of benzene rings is 1. The van der Waals surface area contributed by atoms with Crippen molar-refractivity contribution in [2.75, 3.05) is 19.3 Å². The van der Waals surface area contributed by atoms with Crippen LogP contribution in [0.4, 0.5) is 5.69 Å². The van der Waals surface area contributed by atoms with E-state index in [0.717, 1.165) is 12.8 Å². The van der Waals surface area contributed by atoms with E-state index in [0.29, 0.717) is 28.7 Å². The summed E-state index contributed by atoms with van der Waals surface area (Å²) in [5.41, 5.74) is 6.61. The first-order chi connectivity index (χ1) is 8.47. The number of rotatable bonds is 3. The molecule has 1 aromatic carbocycles. The van der Waals surface area contributed by atoms with Crippen molar-refractivity contribution in [2.24, 2.45) is 5.92 Å². The molecule has 4 nitrogen and oxygen atoms in total. The van der Waals surface area contributed by atoms with E-state index in [1.165, 1.54) is 0 Å². The number of hydrogen-bond acceptors (Lipinski definition) is 3. The molecule has 1 amide bonds. The summed E-state index contributed by atoms with van der Waals surface area (Å²) in [4.78, 5) is 13.8. The molecule has 18 heavy (non-hydrogen) atoms. The van der Waals surface area contributed by atoms with Crippen LogP contribution in [0.3, 0.4) is 0 Å². The Morgan fingerprint density at radius 1 is 1.56 bits per heavy atom. The second-order valence-corrected chi connectivity index (χ2v) is 5.32. The first-order valence-corrected chi connectivity index (χ1v) is 6.33. The molecule has 0 spiro atoms. The van der Waals surface area contributed by atoms with Gasteiger partial charge in [0.2, 0.25) is 0 Å². The molecule has 1 fully saturated rings. The van der Waals surface area contributed by atoms with Crippen LogP contribution < -0.4 is 5.73 Å². The Morgan fingerprint density at radius 3 is 2.83 bits per heavy atom. The topological polar surface area (TPSA) is 66.6 Å². The number of carbonyl (C=O) groups is 1. The van der Waals surface area contributed by atoms with Crippen molar-refractivity contribution in [3.8, 4) is 0 Å². The maximum Gasteiger partial charge on any atom is 0.255 e. The minimum absolute atomic E-state index is 0.131. The third-order valence-electron chi connectivity index (χ3n) is 3.31. The van der Waals surface area contributed by atoms with Gasteiger partial charge < -0.3 is 15.7 Å². The van der Waals surface area contributed by atoms with Gasteiger partial charge in [-0.15, -0.1) is 0 Å². The van der Waals surface area contributed by atoms with E-state index < -0.39 is 0 Å². The minimum Gasteiger partial charge on any atom is -0.399 e. The fourth-order valence-electron chi connectivity index (χ4n) is 2.23. The second kappa shape index (κ2) is 5.16. The molecule has 1 aliphatic carbocycles. The van der Waals surface area contributed by atoms with E-state index in [2.05, 4.69) is 0 Å². The summed E-state index contributed by atoms with van der Waals surface area (Å²) < 4.78 is 0. The number of nitrogens with two attached hydrogens (primary N) is 1. The number of aliphatic hydroxyl groups is 1. The van der Waals surface area contributed by atoms with Gasteiger partial charge in [0.25, 0.3) is 5.91 Å². The van der Waals surface area contributed by atoms with E-state index in [1.54, 1.807) is 30.1 Å². The highest BCUT2D eigenvalue weighted by Gasteiger charge is 2.29. The largest absolute Gasteiger partial charge is 0.399 e. The van der Waals surface area contributed by atoms with Crippen LogP contribution in [-0.2, 0) is 0 Å². The Morgan fingerprint density at radius 2 is 2.22 bits per heavy atom. The first-order valence-electron chi connectivity index (χ1n) is 5.96. The number of carbonyl (C=O) groups excluding carboxylic acids is 1.